The topological polar surface area (TPSA) is 70.6 Å². The van der Waals surface area contributed by atoms with E-state index in [1.54, 1.807) is 0 Å². The number of para-hydroxylation sites is 2. The Labute approximate surface area is 161 Å². The summed E-state index contributed by atoms with van der Waals surface area (Å²) in [6.45, 7) is 0.486. The summed E-state index contributed by atoms with van der Waals surface area (Å²) >= 11 is 1.51. The van der Waals surface area contributed by atoms with Crippen LogP contribution in [0.5, 0.6) is 5.75 Å². The summed E-state index contributed by atoms with van der Waals surface area (Å²) in [5.74, 6) is 0.631. The zero-order valence-electron chi connectivity index (χ0n) is 14.6. The fraction of sp³-hybridized carbons (Fsp3) is 0.190. The van der Waals surface area contributed by atoms with Crippen molar-refractivity contribution in [2.45, 2.75) is 11.4 Å². The van der Waals surface area contributed by atoms with Gasteiger partial charge in [0.05, 0.1) is 24.4 Å². The predicted molar refractivity (Wildman–Crippen MR) is 111 cm³/mol. The van der Waals surface area contributed by atoms with E-state index in [0.29, 0.717) is 12.4 Å². The molecule has 0 bridgehead atoms. The van der Waals surface area contributed by atoms with Crippen LogP contribution in [0.15, 0.2) is 66.7 Å². The number of thioether (sulfide) groups is 1. The average molecular weight is 380 g/mol. The SMILES string of the molecule is O=C(O)CC1(SCCOc2cccc3ccccc23)Nc2ccccc2N1. The maximum absolute atomic E-state index is 11.4. The fourth-order valence-electron chi connectivity index (χ4n) is 3.28. The van der Waals surface area contributed by atoms with Crippen molar-refractivity contribution in [3.63, 3.8) is 0 Å². The predicted octanol–water partition coefficient (Wildman–Crippen LogP) is 4.62. The van der Waals surface area contributed by atoms with Gasteiger partial charge in [0.15, 0.2) is 4.99 Å². The Balaban J connectivity index is 1.41. The molecule has 0 amide bonds. The van der Waals surface area contributed by atoms with Crippen LogP contribution < -0.4 is 15.4 Å². The molecule has 0 aromatic heterocycles. The van der Waals surface area contributed by atoms with Crippen molar-refractivity contribution in [3.8, 4) is 5.75 Å². The minimum atomic E-state index is -0.856. The largest absolute Gasteiger partial charge is 0.492 e. The number of fused-ring (bicyclic) bond motifs is 2. The van der Waals surface area contributed by atoms with Gasteiger partial charge in [0.25, 0.3) is 0 Å². The third-order valence-electron chi connectivity index (χ3n) is 4.44. The van der Waals surface area contributed by atoms with E-state index in [9.17, 15) is 9.90 Å². The molecule has 6 heteroatoms. The molecule has 0 radical (unpaired) electrons. The first kappa shape index (κ1) is 17.5. The highest BCUT2D eigenvalue weighted by atomic mass is 32.2. The van der Waals surface area contributed by atoms with Gasteiger partial charge in [-0.1, -0.05) is 48.5 Å². The van der Waals surface area contributed by atoms with Crippen LogP contribution in [-0.4, -0.2) is 28.4 Å². The Morgan fingerprint density at radius 2 is 1.63 bits per heavy atom. The highest BCUT2D eigenvalue weighted by Gasteiger charge is 2.38. The van der Waals surface area contributed by atoms with E-state index < -0.39 is 11.0 Å². The first-order valence-corrected chi connectivity index (χ1v) is 9.75. The second-order valence-electron chi connectivity index (χ2n) is 6.37. The average Bonchev–Trinajstić information content (AvgIpc) is 3.02. The van der Waals surface area contributed by atoms with Crippen LogP contribution in [0.4, 0.5) is 11.4 Å². The van der Waals surface area contributed by atoms with Crippen molar-refractivity contribution >= 4 is 39.9 Å². The molecule has 3 aromatic carbocycles. The van der Waals surface area contributed by atoms with Gasteiger partial charge in [0.2, 0.25) is 0 Å². The molecule has 4 rings (SSSR count). The zero-order chi connectivity index (χ0) is 18.7. The third-order valence-corrected chi connectivity index (χ3v) is 5.65. The van der Waals surface area contributed by atoms with Gasteiger partial charge in [-0.25, -0.2) is 0 Å². The highest BCUT2D eigenvalue weighted by Crippen LogP contribution is 2.41. The fourth-order valence-corrected chi connectivity index (χ4v) is 4.39. The van der Waals surface area contributed by atoms with E-state index in [4.69, 9.17) is 4.74 Å². The Kier molecular flexibility index (Phi) is 4.81. The Morgan fingerprint density at radius 1 is 0.963 bits per heavy atom. The molecule has 27 heavy (non-hydrogen) atoms. The van der Waals surface area contributed by atoms with Crippen LogP contribution in [0.3, 0.4) is 0 Å². The number of benzene rings is 3. The zero-order valence-corrected chi connectivity index (χ0v) is 15.5. The molecule has 138 valence electrons. The van der Waals surface area contributed by atoms with Gasteiger partial charge in [-0.05, 0) is 23.6 Å². The maximum Gasteiger partial charge on any atom is 0.308 e. The van der Waals surface area contributed by atoms with Crippen molar-refractivity contribution in [1.29, 1.82) is 0 Å². The van der Waals surface area contributed by atoms with E-state index >= 15 is 0 Å². The van der Waals surface area contributed by atoms with E-state index in [-0.39, 0.29) is 6.42 Å². The molecule has 1 heterocycles. The molecular formula is C21H20N2O3S. The Hall–Kier alpha value is -2.86. The molecule has 0 saturated carbocycles. The van der Waals surface area contributed by atoms with Crippen molar-refractivity contribution in [2.75, 3.05) is 23.0 Å². The van der Waals surface area contributed by atoms with Gasteiger partial charge < -0.3 is 20.5 Å². The summed E-state index contributed by atoms with van der Waals surface area (Å²) in [5.41, 5.74) is 1.84. The van der Waals surface area contributed by atoms with Crippen LogP contribution in [0.1, 0.15) is 6.42 Å². The third kappa shape index (κ3) is 3.80. The van der Waals surface area contributed by atoms with Crippen molar-refractivity contribution in [3.05, 3.63) is 66.7 Å². The van der Waals surface area contributed by atoms with E-state index in [0.717, 1.165) is 27.9 Å². The lowest BCUT2D eigenvalue weighted by molar-refractivity contribution is -0.137. The lowest BCUT2D eigenvalue weighted by Gasteiger charge is -2.28. The first-order chi connectivity index (χ1) is 13.2. The molecule has 3 N–H and O–H groups in total. The normalized spacial score (nSPS) is 14.2. The van der Waals surface area contributed by atoms with Crippen LogP contribution in [-0.2, 0) is 4.79 Å². The molecule has 5 nitrogen and oxygen atoms in total. The molecule has 3 aromatic rings. The van der Waals surface area contributed by atoms with Gasteiger partial charge in [-0.15, -0.1) is 11.8 Å². The second kappa shape index (κ2) is 7.40. The van der Waals surface area contributed by atoms with Crippen molar-refractivity contribution < 1.29 is 14.6 Å². The number of hydrogen-bond acceptors (Lipinski definition) is 5. The van der Waals surface area contributed by atoms with Gasteiger partial charge in [-0.3, -0.25) is 4.79 Å². The number of nitrogens with one attached hydrogen (secondary N) is 2. The molecule has 0 spiro atoms. The van der Waals surface area contributed by atoms with Crippen LogP contribution >= 0.6 is 11.8 Å². The first-order valence-electron chi connectivity index (χ1n) is 8.77. The molecule has 0 fully saturated rings. The van der Waals surface area contributed by atoms with Gasteiger partial charge in [-0.2, -0.15) is 0 Å². The summed E-state index contributed by atoms with van der Waals surface area (Å²) in [4.78, 5) is 10.6. The van der Waals surface area contributed by atoms with Crippen LogP contribution in [0.25, 0.3) is 10.8 Å². The van der Waals surface area contributed by atoms with E-state index in [2.05, 4.69) is 22.8 Å². The Morgan fingerprint density at radius 3 is 2.37 bits per heavy atom. The lowest BCUT2D eigenvalue weighted by Crippen LogP contribution is -2.41. The van der Waals surface area contributed by atoms with Gasteiger partial charge in [0, 0.05) is 11.1 Å². The molecular weight excluding hydrogens is 360 g/mol. The standard InChI is InChI=1S/C21H20N2O3S/c24-20(25)14-21(22-17-9-3-4-10-18(17)23-21)27-13-12-26-19-11-5-7-15-6-1-2-8-16(15)19/h1-11,22-23H,12-14H2,(H,24,25). The number of aliphatic carboxylic acids is 1. The summed E-state index contributed by atoms with van der Waals surface area (Å²) in [7, 11) is 0. The highest BCUT2D eigenvalue weighted by molar-refractivity contribution is 8.00. The minimum absolute atomic E-state index is 0.0411. The summed E-state index contributed by atoms with van der Waals surface area (Å²) < 4.78 is 5.98. The van der Waals surface area contributed by atoms with E-state index in [1.165, 1.54) is 11.8 Å². The lowest BCUT2D eigenvalue weighted by atomic mass is 10.1. The monoisotopic (exact) mass is 380 g/mol. The minimum Gasteiger partial charge on any atom is -0.492 e. The number of anilines is 2. The van der Waals surface area contributed by atoms with Crippen LogP contribution in [0, 0.1) is 0 Å². The number of rotatable bonds is 7. The van der Waals surface area contributed by atoms with Crippen molar-refractivity contribution in [1.82, 2.24) is 0 Å². The van der Waals surface area contributed by atoms with Crippen LogP contribution in [0.2, 0.25) is 0 Å². The molecule has 1 aliphatic rings. The number of ether oxygens (including phenoxy) is 1. The number of carbonyl (C=O) groups is 1. The van der Waals surface area contributed by atoms with E-state index in [1.807, 2.05) is 54.6 Å². The summed E-state index contributed by atoms with van der Waals surface area (Å²) in [5, 5.41) is 18.2. The van der Waals surface area contributed by atoms with Gasteiger partial charge in [0.1, 0.15) is 5.75 Å². The molecule has 0 saturated heterocycles. The molecule has 1 aliphatic heterocycles. The summed E-state index contributed by atoms with van der Waals surface area (Å²) in [6.07, 6.45) is -0.0411. The molecule has 0 unspecified atom stereocenters. The molecule has 0 aliphatic carbocycles. The second-order valence-corrected chi connectivity index (χ2v) is 7.76. The Bertz CT molecular complexity index is 946. The number of hydrogen-bond donors (Lipinski definition) is 3. The number of carboxylic acid groups (broad SMARTS) is 1. The smallest absolute Gasteiger partial charge is 0.308 e. The quantitative estimate of drug-likeness (QED) is 0.520. The maximum atomic E-state index is 11.4. The van der Waals surface area contributed by atoms with Gasteiger partial charge >= 0.3 is 5.97 Å². The van der Waals surface area contributed by atoms with Crippen molar-refractivity contribution in [2.24, 2.45) is 0 Å². The number of carboxylic acids is 1. The summed E-state index contributed by atoms with van der Waals surface area (Å²) in [6, 6.07) is 21.8. The molecule has 0 atom stereocenters.